The molecule has 1 fully saturated rings. The number of allylic oxidation sites excluding steroid dienone is 1. The summed E-state index contributed by atoms with van der Waals surface area (Å²) in [5, 5.41) is 3.07. The van der Waals surface area contributed by atoms with Crippen LogP contribution in [0.15, 0.2) is 35.9 Å². The molecule has 1 N–H and O–H groups in total. The van der Waals surface area contributed by atoms with Crippen molar-refractivity contribution in [1.82, 2.24) is 0 Å². The standard InChI is InChI=1S/C19H23NO5/c1-20-13-6-4-11(5-7-13)14-8-12-9-25-10-15(12)17(19(22)24-3)16(14)18(21)23-2/h4-8,14-17,20H,9-10H2,1-3H3. The van der Waals surface area contributed by atoms with E-state index < -0.39 is 23.8 Å². The number of carbonyl (C=O) groups excluding carboxylic acids is 2. The van der Waals surface area contributed by atoms with E-state index in [1.54, 1.807) is 0 Å². The zero-order valence-electron chi connectivity index (χ0n) is 14.7. The number of esters is 2. The average molecular weight is 345 g/mol. The first kappa shape index (κ1) is 17.5. The summed E-state index contributed by atoms with van der Waals surface area (Å²) in [6, 6.07) is 7.83. The third kappa shape index (κ3) is 3.14. The molecule has 6 nitrogen and oxygen atoms in total. The summed E-state index contributed by atoms with van der Waals surface area (Å²) < 4.78 is 15.6. The van der Waals surface area contributed by atoms with Crippen molar-refractivity contribution in [3.05, 3.63) is 41.5 Å². The molecule has 0 saturated carbocycles. The van der Waals surface area contributed by atoms with Gasteiger partial charge in [0.2, 0.25) is 0 Å². The Balaban J connectivity index is 2.07. The van der Waals surface area contributed by atoms with E-state index in [0.29, 0.717) is 13.2 Å². The molecule has 1 heterocycles. The number of methoxy groups -OCH3 is 2. The zero-order valence-corrected chi connectivity index (χ0v) is 14.7. The van der Waals surface area contributed by atoms with Crippen LogP contribution >= 0.6 is 0 Å². The number of hydrogen-bond acceptors (Lipinski definition) is 6. The fourth-order valence-corrected chi connectivity index (χ4v) is 3.88. The Bertz CT molecular complexity index is 682. The summed E-state index contributed by atoms with van der Waals surface area (Å²) in [5.41, 5.74) is 2.99. The van der Waals surface area contributed by atoms with Gasteiger partial charge in [-0.25, -0.2) is 0 Å². The summed E-state index contributed by atoms with van der Waals surface area (Å²) in [5.74, 6) is -2.42. The summed E-state index contributed by atoms with van der Waals surface area (Å²) in [6.45, 7) is 0.904. The van der Waals surface area contributed by atoms with E-state index in [-0.39, 0.29) is 11.8 Å². The van der Waals surface area contributed by atoms with Crippen LogP contribution in [0, 0.1) is 17.8 Å². The van der Waals surface area contributed by atoms with E-state index >= 15 is 0 Å². The third-order valence-electron chi connectivity index (χ3n) is 5.17. The fraction of sp³-hybridized carbons (Fsp3) is 0.474. The quantitative estimate of drug-likeness (QED) is 0.664. The fourth-order valence-electron chi connectivity index (χ4n) is 3.88. The van der Waals surface area contributed by atoms with Crippen molar-refractivity contribution >= 4 is 17.6 Å². The lowest BCUT2D eigenvalue weighted by Crippen LogP contribution is -2.43. The summed E-state index contributed by atoms with van der Waals surface area (Å²) >= 11 is 0. The van der Waals surface area contributed by atoms with Crippen LogP contribution < -0.4 is 5.32 Å². The van der Waals surface area contributed by atoms with E-state index in [0.717, 1.165) is 16.8 Å². The number of anilines is 1. The van der Waals surface area contributed by atoms with Gasteiger partial charge in [-0.15, -0.1) is 0 Å². The normalized spacial score (nSPS) is 27.9. The Labute approximate surface area is 147 Å². The van der Waals surface area contributed by atoms with Crippen LogP contribution in [0.25, 0.3) is 0 Å². The number of benzene rings is 1. The Hall–Kier alpha value is -2.34. The van der Waals surface area contributed by atoms with Crippen molar-refractivity contribution in [2.45, 2.75) is 5.92 Å². The highest BCUT2D eigenvalue weighted by atomic mass is 16.5. The predicted molar refractivity (Wildman–Crippen MR) is 92.1 cm³/mol. The Morgan fingerprint density at radius 1 is 1.08 bits per heavy atom. The molecule has 1 aromatic rings. The molecule has 134 valence electrons. The molecule has 3 rings (SSSR count). The largest absolute Gasteiger partial charge is 0.469 e. The monoisotopic (exact) mass is 345 g/mol. The molecule has 4 atom stereocenters. The van der Waals surface area contributed by atoms with E-state index in [1.807, 2.05) is 31.3 Å². The van der Waals surface area contributed by atoms with Crippen molar-refractivity contribution in [3.8, 4) is 0 Å². The minimum atomic E-state index is -0.631. The van der Waals surface area contributed by atoms with Crippen LogP contribution in [0.2, 0.25) is 0 Å². The lowest BCUT2D eigenvalue weighted by molar-refractivity contribution is -0.160. The van der Waals surface area contributed by atoms with Crippen LogP contribution in [0.1, 0.15) is 11.5 Å². The number of fused-ring (bicyclic) bond motifs is 1. The molecule has 4 unspecified atom stereocenters. The van der Waals surface area contributed by atoms with Crippen LogP contribution in [0.5, 0.6) is 0 Å². The lowest BCUT2D eigenvalue weighted by atomic mass is 9.66. The molecule has 2 aliphatic rings. The molecule has 6 heteroatoms. The van der Waals surface area contributed by atoms with Gasteiger partial charge >= 0.3 is 11.9 Å². The topological polar surface area (TPSA) is 73.9 Å². The number of ether oxygens (including phenoxy) is 3. The molecule has 1 aliphatic heterocycles. The molecule has 0 radical (unpaired) electrons. The van der Waals surface area contributed by atoms with Crippen LogP contribution in [-0.2, 0) is 23.8 Å². The highest BCUT2D eigenvalue weighted by molar-refractivity contribution is 5.84. The van der Waals surface area contributed by atoms with Gasteiger partial charge in [-0.1, -0.05) is 18.2 Å². The summed E-state index contributed by atoms with van der Waals surface area (Å²) in [7, 11) is 4.55. The number of rotatable bonds is 4. The van der Waals surface area contributed by atoms with Crippen LogP contribution in [-0.4, -0.2) is 46.4 Å². The highest BCUT2D eigenvalue weighted by Gasteiger charge is 2.50. The molecule has 0 aromatic heterocycles. The van der Waals surface area contributed by atoms with Gasteiger partial charge in [-0.05, 0) is 23.3 Å². The van der Waals surface area contributed by atoms with Crippen LogP contribution in [0.3, 0.4) is 0 Å². The van der Waals surface area contributed by atoms with Gasteiger partial charge in [0, 0.05) is 24.6 Å². The summed E-state index contributed by atoms with van der Waals surface area (Å²) in [4.78, 5) is 25.1. The molecule has 0 bridgehead atoms. The second-order valence-corrected chi connectivity index (χ2v) is 6.36. The maximum absolute atomic E-state index is 12.6. The maximum atomic E-state index is 12.6. The smallest absolute Gasteiger partial charge is 0.310 e. The third-order valence-corrected chi connectivity index (χ3v) is 5.17. The first-order valence-corrected chi connectivity index (χ1v) is 8.32. The van der Waals surface area contributed by atoms with E-state index in [9.17, 15) is 9.59 Å². The molecule has 1 saturated heterocycles. The van der Waals surface area contributed by atoms with E-state index in [1.165, 1.54) is 14.2 Å². The molecular formula is C19H23NO5. The lowest BCUT2D eigenvalue weighted by Gasteiger charge is -2.36. The number of nitrogens with one attached hydrogen (secondary N) is 1. The summed E-state index contributed by atoms with van der Waals surface area (Å²) in [6.07, 6.45) is 2.06. The Morgan fingerprint density at radius 3 is 2.32 bits per heavy atom. The Kier molecular flexibility index (Phi) is 5.08. The van der Waals surface area contributed by atoms with Crippen molar-refractivity contribution in [1.29, 1.82) is 0 Å². The second-order valence-electron chi connectivity index (χ2n) is 6.36. The van der Waals surface area contributed by atoms with Gasteiger partial charge in [0.15, 0.2) is 0 Å². The molecule has 1 aromatic carbocycles. The molecule has 25 heavy (non-hydrogen) atoms. The van der Waals surface area contributed by atoms with Gasteiger partial charge in [0.25, 0.3) is 0 Å². The van der Waals surface area contributed by atoms with Gasteiger partial charge in [-0.3, -0.25) is 9.59 Å². The SMILES string of the molecule is CNc1ccc(C2C=C3COCC3C(C(=O)OC)C2C(=O)OC)cc1. The Morgan fingerprint density at radius 2 is 1.72 bits per heavy atom. The molecule has 0 spiro atoms. The van der Waals surface area contributed by atoms with E-state index in [4.69, 9.17) is 14.2 Å². The first-order chi connectivity index (χ1) is 12.1. The first-order valence-electron chi connectivity index (χ1n) is 8.32. The number of hydrogen-bond donors (Lipinski definition) is 1. The highest BCUT2D eigenvalue weighted by Crippen LogP contribution is 2.46. The van der Waals surface area contributed by atoms with Crippen molar-refractivity contribution in [2.24, 2.45) is 17.8 Å². The van der Waals surface area contributed by atoms with Crippen molar-refractivity contribution in [3.63, 3.8) is 0 Å². The van der Waals surface area contributed by atoms with Crippen molar-refractivity contribution < 1.29 is 23.8 Å². The molecule has 0 amide bonds. The van der Waals surface area contributed by atoms with Gasteiger partial charge in [0.1, 0.15) is 0 Å². The maximum Gasteiger partial charge on any atom is 0.310 e. The zero-order chi connectivity index (χ0) is 18.0. The predicted octanol–water partition coefficient (Wildman–Crippen LogP) is 1.98. The molecular weight excluding hydrogens is 322 g/mol. The van der Waals surface area contributed by atoms with Gasteiger partial charge < -0.3 is 19.5 Å². The minimum Gasteiger partial charge on any atom is -0.469 e. The van der Waals surface area contributed by atoms with Gasteiger partial charge in [-0.2, -0.15) is 0 Å². The molecule has 1 aliphatic carbocycles. The average Bonchev–Trinajstić information content (AvgIpc) is 3.13. The van der Waals surface area contributed by atoms with Crippen molar-refractivity contribution in [2.75, 3.05) is 39.8 Å². The number of carbonyl (C=O) groups is 2. The minimum absolute atomic E-state index is 0.135. The second kappa shape index (κ2) is 7.27. The van der Waals surface area contributed by atoms with Crippen LogP contribution in [0.4, 0.5) is 5.69 Å². The van der Waals surface area contributed by atoms with Gasteiger partial charge in [0.05, 0.1) is 39.3 Å². The van der Waals surface area contributed by atoms with E-state index in [2.05, 4.69) is 11.4 Å².